The minimum atomic E-state index is 0.420. The third-order valence-corrected chi connectivity index (χ3v) is 4.27. The van der Waals surface area contributed by atoms with Crippen LogP contribution in [-0.2, 0) is 0 Å². The molecule has 1 aromatic carbocycles. The number of aliphatic imine (C=N–C) groups is 1. The summed E-state index contributed by atoms with van der Waals surface area (Å²) in [5.41, 5.74) is 2.71. The standard InChI is InChI=1S/C18H30N4/c1-4-11-20-18(19-3)21-14-17(22-12-5-6-13-22)16-9-7-15(2)8-10-16/h7-10,17H,4-6,11-14H2,1-3H3,(H2,19,20,21). The Morgan fingerprint density at radius 3 is 2.45 bits per heavy atom. The van der Waals surface area contributed by atoms with E-state index in [1.165, 1.54) is 37.1 Å². The highest BCUT2D eigenvalue weighted by molar-refractivity contribution is 5.79. The molecule has 1 heterocycles. The Balaban J connectivity index is 2.03. The molecular formula is C18H30N4. The van der Waals surface area contributed by atoms with Gasteiger partial charge in [-0.3, -0.25) is 9.89 Å². The van der Waals surface area contributed by atoms with Crippen molar-refractivity contribution < 1.29 is 0 Å². The molecule has 1 unspecified atom stereocenters. The number of nitrogens with one attached hydrogen (secondary N) is 2. The van der Waals surface area contributed by atoms with Crippen molar-refractivity contribution in [2.75, 3.05) is 33.2 Å². The number of hydrogen-bond acceptors (Lipinski definition) is 2. The minimum absolute atomic E-state index is 0.420. The molecule has 0 radical (unpaired) electrons. The Bertz CT molecular complexity index is 460. The Kier molecular flexibility index (Phi) is 6.72. The van der Waals surface area contributed by atoms with E-state index in [1.807, 2.05) is 7.05 Å². The smallest absolute Gasteiger partial charge is 0.191 e. The Labute approximate surface area is 135 Å². The third kappa shape index (κ3) is 4.73. The van der Waals surface area contributed by atoms with Gasteiger partial charge in [-0.25, -0.2) is 0 Å². The molecule has 1 saturated heterocycles. The lowest BCUT2D eigenvalue weighted by Gasteiger charge is -2.29. The normalized spacial score (nSPS) is 17.5. The zero-order valence-electron chi connectivity index (χ0n) is 14.2. The van der Waals surface area contributed by atoms with Crippen LogP contribution in [0.1, 0.15) is 43.4 Å². The number of guanidine groups is 1. The molecule has 1 aliphatic heterocycles. The van der Waals surface area contributed by atoms with E-state index in [2.05, 4.69) is 58.6 Å². The summed E-state index contributed by atoms with van der Waals surface area (Å²) in [4.78, 5) is 6.90. The average Bonchev–Trinajstić information content (AvgIpc) is 3.06. The summed E-state index contributed by atoms with van der Waals surface area (Å²) >= 11 is 0. The van der Waals surface area contributed by atoms with E-state index in [0.717, 1.165) is 25.5 Å². The Morgan fingerprint density at radius 1 is 1.18 bits per heavy atom. The van der Waals surface area contributed by atoms with E-state index in [4.69, 9.17) is 0 Å². The van der Waals surface area contributed by atoms with Gasteiger partial charge in [0, 0.05) is 20.1 Å². The molecule has 2 rings (SSSR count). The van der Waals surface area contributed by atoms with Crippen LogP contribution in [-0.4, -0.2) is 44.1 Å². The van der Waals surface area contributed by atoms with Crippen LogP contribution in [0.5, 0.6) is 0 Å². The summed E-state index contributed by atoms with van der Waals surface area (Å²) in [7, 11) is 1.84. The number of aryl methyl sites for hydroxylation is 1. The fourth-order valence-corrected chi connectivity index (χ4v) is 2.96. The molecule has 0 aromatic heterocycles. The highest BCUT2D eigenvalue weighted by Gasteiger charge is 2.23. The SMILES string of the molecule is CCCNC(=NC)NCC(c1ccc(C)cc1)N1CCCC1. The van der Waals surface area contributed by atoms with Crippen LogP contribution in [0.15, 0.2) is 29.3 Å². The molecule has 1 atom stereocenters. The minimum Gasteiger partial charge on any atom is -0.356 e. The van der Waals surface area contributed by atoms with Gasteiger partial charge in [0.25, 0.3) is 0 Å². The maximum absolute atomic E-state index is 4.31. The van der Waals surface area contributed by atoms with Crippen molar-refractivity contribution in [1.82, 2.24) is 15.5 Å². The lowest BCUT2D eigenvalue weighted by atomic mass is 10.0. The predicted octanol–water partition coefficient (Wildman–Crippen LogP) is 2.71. The van der Waals surface area contributed by atoms with Gasteiger partial charge in [0.15, 0.2) is 5.96 Å². The molecule has 0 aliphatic carbocycles. The van der Waals surface area contributed by atoms with Gasteiger partial charge >= 0.3 is 0 Å². The number of nitrogens with zero attached hydrogens (tertiary/aromatic N) is 2. The van der Waals surface area contributed by atoms with Gasteiger partial charge in [0.1, 0.15) is 0 Å². The number of hydrogen-bond donors (Lipinski definition) is 2. The first kappa shape index (κ1) is 16.8. The van der Waals surface area contributed by atoms with Crippen LogP contribution in [0.25, 0.3) is 0 Å². The van der Waals surface area contributed by atoms with Crippen molar-refractivity contribution in [2.45, 2.75) is 39.2 Å². The first-order valence-corrected chi connectivity index (χ1v) is 8.49. The fourth-order valence-electron chi connectivity index (χ4n) is 2.96. The van der Waals surface area contributed by atoms with Gasteiger partial charge in [0.05, 0.1) is 6.04 Å². The maximum Gasteiger partial charge on any atom is 0.191 e. The quantitative estimate of drug-likeness (QED) is 0.627. The Morgan fingerprint density at radius 2 is 1.86 bits per heavy atom. The van der Waals surface area contributed by atoms with Gasteiger partial charge in [0.2, 0.25) is 0 Å². The molecule has 0 spiro atoms. The van der Waals surface area contributed by atoms with E-state index in [1.54, 1.807) is 0 Å². The topological polar surface area (TPSA) is 39.7 Å². The van der Waals surface area contributed by atoms with E-state index in [9.17, 15) is 0 Å². The second kappa shape index (κ2) is 8.79. The summed E-state index contributed by atoms with van der Waals surface area (Å²) < 4.78 is 0. The summed E-state index contributed by atoms with van der Waals surface area (Å²) in [5.74, 6) is 0.901. The van der Waals surface area contributed by atoms with Crippen molar-refractivity contribution in [1.29, 1.82) is 0 Å². The van der Waals surface area contributed by atoms with Crippen LogP contribution < -0.4 is 10.6 Å². The molecule has 1 fully saturated rings. The number of likely N-dealkylation sites (tertiary alicyclic amines) is 1. The van der Waals surface area contributed by atoms with Crippen LogP contribution in [0, 0.1) is 6.92 Å². The second-order valence-electron chi connectivity index (χ2n) is 6.05. The Hall–Kier alpha value is -1.55. The molecule has 0 bridgehead atoms. The predicted molar refractivity (Wildman–Crippen MR) is 94.4 cm³/mol. The second-order valence-corrected chi connectivity index (χ2v) is 6.05. The van der Waals surface area contributed by atoms with E-state index < -0.39 is 0 Å². The van der Waals surface area contributed by atoms with Crippen molar-refractivity contribution in [3.8, 4) is 0 Å². The van der Waals surface area contributed by atoms with Crippen LogP contribution in [0.3, 0.4) is 0 Å². The average molecular weight is 302 g/mol. The molecule has 2 N–H and O–H groups in total. The summed E-state index contributed by atoms with van der Waals surface area (Å²) in [5, 5.41) is 6.84. The van der Waals surface area contributed by atoms with Crippen LogP contribution in [0.2, 0.25) is 0 Å². The van der Waals surface area contributed by atoms with Gasteiger partial charge < -0.3 is 10.6 Å². The largest absolute Gasteiger partial charge is 0.356 e. The molecule has 1 aliphatic rings. The molecule has 4 nitrogen and oxygen atoms in total. The van der Waals surface area contributed by atoms with Crippen LogP contribution >= 0.6 is 0 Å². The van der Waals surface area contributed by atoms with Crippen molar-refractivity contribution in [2.24, 2.45) is 4.99 Å². The molecule has 1 aromatic rings. The monoisotopic (exact) mass is 302 g/mol. The van der Waals surface area contributed by atoms with Gasteiger partial charge in [-0.1, -0.05) is 36.8 Å². The van der Waals surface area contributed by atoms with Gasteiger partial charge in [-0.05, 0) is 44.8 Å². The van der Waals surface area contributed by atoms with E-state index in [-0.39, 0.29) is 0 Å². The molecule has 122 valence electrons. The van der Waals surface area contributed by atoms with E-state index >= 15 is 0 Å². The van der Waals surface area contributed by atoms with Gasteiger partial charge in [-0.2, -0.15) is 0 Å². The summed E-state index contributed by atoms with van der Waals surface area (Å²) in [6.07, 6.45) is 3.73. The fraction of sp³-hybridized carbons (Fsp3) is 0.611. The number of rotatable bonds is 6. The van der Waals surface area contributed by atoms with Crippen molar-refractivity contribution in [3.63, 3.8) is 0 Å². The lowest BCUT2D eigenvalue weighted by Crippen LogP contribution is -2.42. The van der Waals surface area contributed by atoms with Crippen molar-refractivity contribution >= 4 is 5.96 Å². The van der Waals surface area contributed by atoms with E-state index in [0.29, 0.717) is 6.04 Å². The first-order chi connectivity index (χ1) is 10.7. The van der Waals surface area contributed by atoms with Crippen molar-refractivity contribution in [3.05, 3.63) is 35.4 Å². The maximum atomic E-state index is 4.31. The van der Waals surface area contributed by atoms with Crippen LogP contribution in [0.4, 0.5) is 0 Å². The molecule has 22 heavy (non-hydrogen) atoms. The lowest BCUT2D eigenvalue weighted by molar-refractivity contribution is 0.245. The summed E-state index contributed by atoms with van der Waals surface area (Å²) in [6.45, 7) is 8.55. The first-order valence-electron chi connectivity index (χ1n) is 8.49. The zero-order valence-corrected chi connectivity index (χ0v) is 14.2. The zero-order chi connectivity index (χ0) is 15.8. The highest BCUT2D eigenvalue weighted by atomic mass is 15.2. The summed E-state index contributed by atoms with van der Waals surface area (Å²) in [6, 6.07) is 9.37. The highest BCUT2D eigenvalue weighted by Crippen LogP contribution is 2.24. The molecule has 4 heteroatoms. The molecule has 0 saturated carbocycles. The third-order valence-electron chi connectivity index (χ3n) is 4.27. The molecule has 0 amide bonds. The molecular weight excluding hydrogens is 272 g/mol. The van der Waals surface area contributed by atoms with Gasteiger partial charge in [-0.15, -0.1) is 0 Å². The number of benzene rings is 1.